The quantitative estimate of drug-likeness (QED) is 0.170. The van der Waals surface area contributed by atoms with E-state index in [4.69, 9.17) is 18.8 Å². The molecule has 3 heterocycles. The van der Waals surface area contributed by atoms with E-state index in [1.165, 1.54) is 0 Å². The normalized spacial score (nSPS) is 11.9. The minimum Gasteiger partial charge on any atom is -0.455 e. The predicted molar refractivity (Wildman–Crippen MR) is 231 cm³/mol. The lowest BCUT2D eigenvalue weighted by Gasteiger charge is -2.13. The molecule has 0 aliphatic heterocycles. The van der Waals surface area contributed by atoms with Gasteiger partial charge >= 0.3 is 0 Å². The number of aromatic nitrogens is 2. The van der Waals surface area contributed by atoms with Gasteiger partial charge in [-0.1, -0.05) is 146 Å². The molecule has 0 aliphatic rings. The van der Waals surface area contributed by atoms with E-state index in [1.807, 2.05) is 30.5 Å². The van der Waals surface area contributed by atoms with Crippen LogP contribution in [0.15, 0.2) is 191 Å². The molecule has 260 valence electrons. The van der Waals surface area contributed by atoms with Crippen LogP contribution in [-0.2, 0) is 0 Å². The zero-order valence-corrected chi connectivity index (χ0v) is 30.0. The SMILES string of the molecule is c1cc(-c2ccc3c4ccccc4c4ncc(-c5cccc(-c6cccc7c6oc6ccccc67)c5)nc4c3c2)cc(-c2cccc3c2oc2ccccc23)c1. The summed E-state index contributed by atoms with van der Waals surface area (Å²) >= 11 is 0. The maximum atomic E-state index is 6.42. The first kappa shape index (κ1) is 30.9. The van der Waals surface area contributed by atoms with E-state index in [9.17, 15) is 0 Å². The molecule has 0 saturated carbocycles. The van der Waals surface area contributed by atoms with Crippen LogP contribution >= 0.6 is 0 Å². The average molecular weight is 715 g/mol. The molecule has 0 aliphatic carbocycles. The van der Waals surface area contributed by atoms with Crippen molar-refractivity contribution in [1.29, 1.82) is 0 Å². The molecule has 3 aromatic heterocycles. The fourth-order valence-electron chi connectivity index (χ4n) is 8.65. The van der Waals surface area contributed by atoms with Gasteiger partial charge in [-0.2, -0.15) is 0 Å². The summed E-state index contributed by atoms with van der Waals surface area (Å²) in [5, 5.41) is 8.96. The molecule has 0 saturated heterocycles. The second kappa shape index (κ2) is 12.0. The van der Waals surface area contributed by atoms with Crippen molar-refractivity contribution in [3.8, 4) is 44.6 Å². The van der Waals surface area contributed by atoms with Crippen LogP contribution in [0.5, 0.6) is 0 Å². The molecule has 56 heavy (non-hydrogen) atoms. The van der Waals surface area contributed by atoms with Crippen molar-refractivity contribution in [3.05, 3.63) is 182 Å². The molecule has 0 atom stereocenters. The minimum absolute atomic E-state index is 0.819. The summed E-state index contributed by atoms with van der Waals surface area (Å²) in [6, 6.07) is 61.7. The van der Waals surface area contributed by atoms with Gasteiger partial charge in [-0.25, -0.2) is 4.98 Å². The Kier molecular flexibility index (Phi) is 6.60. The Morgan fingerprint density at radius 2 is 0.821 bits per heavy atom. The second-order valence-corrected chi connectivity index (χ2v) is 14.5. The molecule has 0 fully saturated rings. The Bertz CT molecular complexity index is 3320. The summed E-state index contributed by atoms with van der Waals surface area (Å²) in [5.41, 5.74) is 13.7. The molecule has 12 rings (SSSR count). The summed E-state index contributed by atoms with van der Waals surface area (Å²) < 4.78 is 12.8. The fraction of sp³-hybridized carbons (Fsp3) is 0. The zero-order chi connectivity index (χ0) is 36.7. The van der Waals surface area contributed by atoms with E-state index < -0.39 is 0 Å². The van der Waals surface area contributed by atoms with E-state index in [0.29, 0.717) is 0 Å². The summed E-state index contributed by atoms with van der Waals surface area (Å²) in [5.74, 6) is 0. The maximum absolute atomic E-state index is 6.42. The fourth-order valence-corrected chi connectivity index (χ4v) is 8.65. The molecular formula is C52H30N2O2. The first-order valence-corrected chi connectivity index (χ1v) is 18.9. The molecule has 0 N–H and O–H groups in total. The number of fused-ring (bicyclic) bond motifs is 12. The standard InChI is InChI=1S/C52H30N2O2/c1-2-18-42-38(15-1)39-26-25-32(31-11-7-12-33(27-31)36-19-9-21-43-40-16-3-5-23-47(40)55-51(36)43)29-45(39)50-49(42)53-30-46(54-50)35-14-8-13-34(28-35)37-20-10-22-44-41-17-4-6-24-48(41)56-52(37)44/h1-30H. The van der Waals surface area contributed by atoms with Gasteiger partial charge in [0, 0.05) is 49.0 Å². The monoisotopic (exact) mass is 714 g/mol. The van der Waals surface area contributed by atoms with Gasteiger partial charge in [-0.05, 0) is 63.4 Å². The van der Waals surface area contributed by atoms with Crippen LogP contribution in [0, 0.1) is 0 Å². The number of hydrogen-bond donors (Lipinski definition) is 0. The van der Waals surface area contributed by atoms with E-state index in [-0.39, 0.29) is 0 Å². The molecule has 0 amide bonds. The van der Waals surface area contributed by atoms with E-state index in [0.717, 1.165) is 121 Å². The van der Waals surface area contributed by atoms with Gasteiger partial charge in [0.05, 0.1) is 22.9 Å². The van der Waals surface area contributed by atoms with Gasteiger partial charge in [-0.3, -0.25) is 4.98 Å². The van der Waals surface area contributed by atoms with Crippen LogP contribution in [0.4, 0.5) is 0 Å². The Labute approximate surface area is 320 Å². The number of rotatable bonds is 4. The third-order valence-corrected chi connectivity index (χ3v) is 11.3. The average Bonchev–Trinajstić information content (AvgIpc) is 3.85. The maximum Gasteiger partial charge on any atom is 0.143 e. The third-order valence-electron chi connectivity index (χ3n) is 11.3. The lowest BCUT2D eigenvalue weighted by molar-refractivity contribution is 0.669. The van der Waals surface area contributed by atoms with Crippen molar-refractivity contribution in [3.63, 3.8) is 0 Å². The number of furan rings is 2. The Balaban J connectivity index is 1.01. The highest BCUT2D eigenvalue weighted by Gasteiger charge is 2.17. The van der Waals surface area contributed by atoms with E-state index in [2.05, 4.69) is 152 Å². The van der Waals surface area contributed by atoms with Crippen LogP contribution in [-0.4, -0.2) is 9.97 Å². The molecule has 9 aromatic carbocycles. The largest absolute Gasteiger partial charge is 0.455 e. The highest BCUT2D eigenvalue weighted by atomic mass is 16.3. The summed E-state index contributed by atoms with van der Waals surface area (Å²) in [4.78, 5) is 10.5. The van der Waals surface area contributed by atoms with Crippen molar-refractivity contribution in [2.45, 2.75) is 0 Å². The van der Waals surface area contributed by atoms with Gasteiger partial charge < -0.3 is 8.83 Å². The Hall–Kier alpha value is -7.56. The third kappa shape index (κ3) is 4.66. The van der Waals surface area contributed by atoms with E-state index >= 15 is 0 Å². The van der Waals surface area contributed by atoms with Crippen molar-refractivity contribution < 1.29 is 8.83 Å². The summed E-state index contributed by atoms with van der Waals surface area (Å²) in [7, 11) is 0. The topological polar surface area (TPSA) is 52.1 Å². The molecule has 0 bridgehead atoms. The zero-order valence-electron chi connectivity index (χ0n) is 30.0. The summed E-state index contributed by atoms with van der Waals surface area (Å²) in [6.45, 7) is 0. The van der Waals surface area contributed by atoms with Crippen LogP contribution in [0.2, 0.25) is 0 Å². The number of benzene rings is 9. The van der Waals surface area contributed by atoms with Crippen LogP contribution in [0.3, 0.4) is 0 Å². The van der Waals surface area contributed by atoms with Gasteiger partial charge in [-0.15, -0.1) is 0 Å². The Morgan fingerprint density at radius 3 is 1.50 bits per heavy atom. The number of hydrogen-bond acceptors (Lipinski definition) is 4. The van der Waals surface area contributed by atoms with Gasteiger partial charge in [0.25, 0.3) is 0 Å². The molecular weight excluding hydrogens is 685 g/mol. The van der Waals surface area contributed by atoms with Crippen molar-refractivity contribution in [2.24, 2.45) is 0 Å². The molecule has 0 unspecified atom stereocenters. The lowest BCUT2D eigenvalue weighted by atomic mass is 9.94. The van der Waals surface area contributed by atoms with Gasteiger partial charge in [0.1, 0.15) is 22.3 Å². The van der Waals surface area contributed by atoms with Crippen molar-refractivity contribution in [2.75, 3.05) is 0 Å². The second-order valence-electron chi connectivity index (χ2n) is 14.5. The Morgan fingerprint density at radius 1 is 0.321 bits per heavy atom. The van der Waals surface area contributed by atoms with E-state index in [1.54, 1.807) is 0 Å². The summed E-state index contributed by atoms with van der Waals surface area (Å²) in [6.07, 6.45) is 1.91. The molecule has 0 spiro atoms. The number of nitrogens with zero attached hydrogens (tertiary/aromatic N) is 2. The van der Waals surface area contributed by atoms with Gasteiger partial charge in [0.15, 0.2) is 0 Å². The molecule has 12 aromatic rings. The molecule has 4 nitrogen and oxygen atoms in total. The highest BCUT2D eigenvalue weighted by molar-refractivity contribution is 6.24. The van der Waals surface area contributed by atoms with Crippen LogP contribution < -0.4 is 0 Å². The van der Waals surface area contributed by atoms with Crippen LogP contribution in [0.1, 0.15) is 0 Å². The molecule has 0 radical (unpaired) electrons. The predicted octanol–water partition coefficient (Wildman–Crippen LogP) is 14.4. The van der Waals surface area contributed by atoms with Crippen LogP contribution in [0.25, 0.3) is 121 Å². The first-order valence-electron chi connectivity index (χ1n) is 18.9. The smallest absolute Gasteiger partial charge is 0.143 e. The van der Waals surface area contributed by atoms with Gasteiger partial charge in [0.2, 0.25) is 0 Å². The number of para-hydroxylation sites is 4. The molecule has 4 heteroatoms. The lowest BCUT2D eigenvalue weighted by Crippen LogP contribution is -1.93. The van der Waals surface area contributed by atoms with Crippen molar-refractivity contribution >= 4 is 76.5 Å². The minimum atomic E-state index is 0.819. The first-order chi connectivity index (χ1) is 27.7. The highest BCUT2D eigenvalue weighted by Crippen LogP contribution is 2.41. The van der Waals surface area contributed by atoms with Crippen molar-refractivity contribution in [1.82, 2.24) is 9.97 Å².